The average molecular weight is 259 g/mol. The van der Waals surface area contributed by atoms with E-state index in [0.29, 0.717) is 6.41 Å². The zero-order chi connectivity index (χ0) is 14.3. The third-order valence-electron chi connectivity index (χ3n) is 2.13. The van der Waals surface area contributed by atoms with Crippen molar-refractivity contribution in [2.45, 2.75) is 19.4 Å². The number of hydrogen-bond donors (Lipinski definition) is 3. The lowest BCUT2D eigenvalue weighted by molar-refractivity contribution is -0.146. The number of carboxylic acid groups (broad SMARTS) is 1. The van der Waals surface area contributed by atoms with Crippen LogP contribution >= 0.6 is 0 Å². The van der Waals surface area contributed by atoms with Crippen LogP contribution in [0.5, 0.6) is 0 Å². The Bertz CT molecular complexity index is 353. The largest absolute Gasteiger partial charge is 0.480 e. The van der Waals surface area contributed by atoms with Crippen molar-refractivity contribution in [3.63, 3.8) is 0 Å². The van der Waals surface area contributed by atoms with Crippen molar-refractivity contribution in [3.8, 4) is 0 Å². The van der Waals surface area contributed by atoms with E-state index in [-0.39, 0.29) is 13.1 Å². The number of carbonyl (C=O) groups is 4. The third kappa shape index (κ3) is 5.28. The molecule has 3 amide bonds. The molecular weight excluding hydrogens is 242 g/mol. The fraction of sp³-hybridized carbons (Fsp3) is 0.600. The maximum Gasteiger partial charge on any atom is 0.328 e. The van der Waals surface area contributed by atoms with E-state index >= 15 is 0 Å². The van der Waals surface area contributed by atoms with Crippen LogP contribution < -0.4 is 10.6 Å². The van der Waals surface area contributed by atoms with Crippen molar-refractivity contribution in [1.82, 2.24) is 15.5 Å². The van der Waals surface area contributed by atoms with Gasteiger partial charge >= 0.3 is 5.97 Å². The van der Waals surface area contributed by atoms with Crippen molar-refractivity contribution >= 4 is 24.2 Å². The number of carboxylic acids is 1. The molecule has 8 heteroatoms. The molecule has 0 spiro atoms. The Morgan fingerprint density at radius 2 is 1.89 bits per heavy atom. The van der Waals surface area contributed by atoms with Crippen LogP contribution in [0.25, 0.3) is 0 Å². The van der Waals surface area contributed by atoms with Crippen LogP contribution in [0.4, 0.5) is 0 Å². The molecular formula is C10H17N3O5. The molecule has 0 saturated heterocycles. The molecule has 0 aromatic rings. The minimum Gasteiger partial charge on any atom is -0.480 e. The van der Waals surface area contributed by atoms with Gasteiger partial charge in [-0.3, -0.25) is 14.4 Å². The van der Waals surface area contributed by atoms with Crippen LogP contribution in [0.2, 0.25) is 0 Å². The Morgan fingerprint density at radius 3 is 2.33 bits per heavy atom. The number of amides is 3. The number of hydrogen-bond acceptors (Lipinski definition) is 4. The summed E-state index contributed by atoms with van der Waals surface area (Å²) in [5, 5.41) is 13.3. The predicted molar refractivity (Wildman–Crippen MR) is 61.6 cm³/mol. The minimum atomic E-state index is -1.40. The Kier molecular flexibility index (Phi) is 5.80. The fourth-order valence-electron chi connectivity index (χ4n) is 1.01. The number of rotatable bonds is 7. The van der Waals surface area contributed by atoms with Gasteiger partial charge in [-0.15, -0.1) is 0 Å². The van der Waals surface area contributed by atoms with Crippen molar-refractivity contribution in [2.75, 3.05) is 20.1 Å². The van der Waals surface area contributed by atoms with E-state index in [9.17, 15) is 19.2 Å². The lowest BCUT2D eigenvalue weighted by Gasteiger charge is -2.23. The summed E-state index contributed by atoms with van der Waals surface area (Å²) in [4.78, 5) is 44.7. The molecule has 0 aromatic heterocycles. The first-order valence-electron chi connectivity index (χ1n) is 5.16. The van der Waals surface area contributed by atoms with Gasteiger partial charge in [-0.25, -0.2) is 4.79 Å². The van der Waals surface area contributed by atoms with Crippen LogP contribution in [0, 0.1) is 0 Å². The molecule has 0 aromatic carbocycles. The van der Waals surface area contributed by atoms with Crippen LogP contribution in [0.3, 0.4) is 0 Å². The number of nitrogens with zero attached hydrogens (tertiary/aromatic N) is 1. The normalized spacial score (nSPS) is 10.4. The molecule has 0 saturated carbocycles. The minimum absolute atomic E-state index is 0.213. The molecule has 0 radical (unpaired) electrons. The summed E-state index contributed by atoms with van der Waals surface area (Å²) in [6, 6.07) is 0. The third-order valence-corrected chi connectivity index (χ3v) is 2.13. The van der Waals surface area contributed by atoms with Crippen molar-refractivity contribution in [1.29, 1.82) is 0 Å². The van der Waals surface area contributed by atoms with Gasteiger partial charge in [0.05, 0.1) is 13.1 Å². The van der Waals surface area contributed by atoms with Crippen molar-refractivity contribution < 1.29 is 24.3 Å². The van der Waals surface area contributed by atoms with Gasteiger partial charge in [0.25, 0.3) is 0 Å². The van der Waals surface area contributed by atoms with Crippen LogP contribution in [-0.2, 0) is 19.2 Å². The number of nitrogens with one attached hydrogen (secondary N) is 2. The smallest absolute Gasteiger partial charge is 0.328 e. The summed E-state index contributed by atoms with van der Waals surface area (Å²) in [7, 11) is 1.38. The second-order valence-corrected chi connectivity index (χ2v) is 4.23. The lowest BCUT2D eigenvalue weighted by atomic mass is 10.1. The molecule has 0 bridgehead atoms. The number of aliphatic carboxylic acids is 1. The molecule has 0 aliphatic carbocycles. The maximum atomic E-state index is 11.5. The fourth-order valence-corrected chi connectivity index (χ4v) is 1.01. The Morgan fingerprint density at radius 1 is 1.33 bits per heavy atom. The predicted octanol–water partition coefficient (Wildman–Crippen LogP) is -1.83. The van der Waals surface area contributed by atoms with E-state index in [2.05, 4.69) is 10.6 Å². The SMILES string of the molecule is CN(CC(=O)NC(C)(C)C(=O)O)C(=O)CNC=O. The van der Waals surface area contributed by atoms with Gasteiger partial charge in [-0.05, 0) is 13.8 Å². The van der Waals surface area contributed by atoms with Crippen molar-refractivity contribution in [3.05, 3.63) is 0 Å². The van der Waals surface area contributed by atoms with Gasteiger partial charge in [0, 0.05) is 7.05 Å². The van der Waals surface area contributed by atoms with Crippen LogP contribution in [0.15, 0.2) is 0 Å². The molecule has 18 heavy (non-hydrogen) atoms. The highest BCUT2D eigenvalue weighted by atomic mass is 16.4. The van der Waals surface area contributed by atoms with Gasteiger partial charge in [0.1, 0.15) is 5.54 Å². The summed E-state index contributed by atoms with van der Waals surface area (Å²) in [5.41, 5.74) is -1.40. The Labute approximate surface area is 104 Å². The molecule has 8 nitrogen and oxygen atoms in total. The average Bonchev–Trinajstić information content (AvgIpc) is 2.24. The van der Waals surface area contributed by atoms with Gasteiger partial charge in [-0.1, -0.05) is 0 Å². The zero-order valence-electron chi connectivity index (χ0n) is 10.5. The van der Waals surface area contributed by atoms with Gasteiger partial charge in [0.2, 0.25) is 18.2 Å². The van der Waals surface area contributed by atoms with Gasteiger partial charge < -0.3 is 20.6 Å². The van der Waals surface area contributed by atoms with E-state index in [1.54, 1.807) is 0 Å². The second kappa shape index (κ2) is 6.58. The van der Waals surface area contributed by atoms with Crippen molar-refractivity contribution in [2.24, 2.45) is 0 Å². The van der Waals surface area contributed by atoms with E-state index < -0.39 is 23.3 Å². The molecule has 0 aliphatic rings. The number of likely N-dealkylation sites (N-methyl/N-ethyl adjacent to an activating group) is 1. The van der Waals surface area contributed by atoms with E-state index in [4.69, 9.17) is 5.11 Å². The van der Waals surface area contributed by atoms with E-state index in [0.717, 1.165) is 4.90 Å². The van der Waals surface area contributed by atoms with E-state index in [1.165, 1.54) is 20.9 Å². The van der Waals surface area contributed by atoms with Gasteiger partial charge in [0.15, 0.2) is 0 Å². The molecule has 0 unspecified atom stereocenters. The summed E-state index contributed by atoms with van der Waals surface area (Å²) in [6.45, 7) is 2.18. The highest BCUT2D eigenvalue weighted by Gasteiger charge is 2.29. The molecule has 0 atom stereocenters. The Balaban J connectivity index is 4.28. The summed E-state index contributed by atoms with van der Waals surface area (Å²) in [6.07, 6.45) is 0.374. The quantitative estimate of drug-likeness (QED) is 0.465. The lowest BCUT2D eigenvalue weighted by Crippen LogP contribution is -2.53. The monoisotopic (exact) mass is 259 g/mol. The second-order valence-electron chi connectivity index (χ2n) is 4.23. The summed E-state index contributed by atoms with van der Waals surface area (Å²) in [5.74, 6) is -2.22. The molecule has 102 valence electrons. The first-order chi connectivity index (χ1) is 8.20. The maximum absolute atomic E-state index is 11.5. The van der Waals surface area contributed by atoms with Crippen LogP contribution in [0.1, 0.15) is 13.8 Å². The first-order valence-corrected chi connectivity index (χ1v) is 5.16. The molecule has 0 rings (SSSR count). The summed E-state index contributed by atoms with van der Waals surface area (Å²) < 4.78 is 0. The highest BCUT2D eigenvalue weighted by molar-refractivity contribution is 5.90. The molecule has 0 heterocycles. The molecule has 0 fully saturated rings. The number of carbonyl (C=O) groups excluding carboxylic acids is 3. The zero-order valence-corrected chi connectivity index (χ0v) is 10.5. The van der Waals surface area contributed by atoms with Crippen LogP contribution in [-0.4, -0.2) is 59.9 Å². The van der Waals surface area contributed by atoms with Gasteiger partial charge in [-0.2, -0.15) is 0 Å². The highest BCUT2D eigenvalue weighted by Crippen LogP contribution is 2.01. The van der Waals surface area contributed by atoms with E-state index in [1.807, 2.05) is 0 Å². The standard InChI is InChI=1S/C10H17N3O5/c1-10(2,9(17)18)12-7(15)5-13(3)8(16)4-11-6-14/h6H,4-5H2,1-3H3,(H,11,14)(H,12,15)(H,17,18). The first kappa shape index (κ1) is 15.9. The summed E-state index contributed by atoms with van der Waals surface area (Å²) >= 11 is 0. The molecule has 3 N–H and O–H groups in total. The molecule has 0 aliphatic heterocycles. The Hall–Kier alpha value is -2.12. The topological polar surface area (TPSA) is 116 Å².